The highest BCUT2D eigenvalue weighted by Crippen LogP contribution is 2.26. The van der Waals surface area contributed by atoms with Crippen LogP contribution in [0.2, 0.25) is 0 Å². The average Bonchev–Trinajstić information content (AvgIpc) is 2.27. The Labute approximate surface area is 109 Å². The van der Waals surface area contributed by atoms with Crippen molar-refractivity contribution in [1.29, 1.82) is 0 Å². The van der Waals surface area contributed by atoms with Gasteiger partial charge in [-0.3, -0.25) is 0 Å². The largest absolute Gasteiger partial charge is 0.395 e. The summed E-state index contributed by atoms with van der Waals surface area (Å²) in [4.78, 5) is 4.26. The van der Waals surface area contributed by atoms with Crippen LogP contribution < -0.4 is 5.73 Å². The third-order valence-corrected chi connectivity index (χ3v) is 4.07. The Morgan fingerprint density at radius 3 is 2.62 bits per heavy atom. The fourth-order valence-corrected chi connectivity index (χ4v) is 2.60. The minimum absolute atomic E-state index is 0.00586. The summed E-state index contributed by atoms with van der Waals surface area (Å²) < 4.78 is 0.950. The summed E-state index contributed by atoms with van der Waals surface area (Å²) in [5.74, 6) is 0.347. The molecule has 3 N–H and O–H groups in total. The van der Waals surface area contributed by atoms with Gasteiger partial charge in [-0.15, -0.1) is 0 Å². The van der Waals surface area contributed by atoms with Crippen molar-refractivity contribution in [2.45, 2.75) is 30.2 Å². The second kappa shape index (κ2) is 6.59. The number of hydrogen-bond donors (Lipinski definition) is 2. The number of hydrogen-bond acceptors (Lipinski definition) is 4. The lowest BCUT2D eigenvalue weighted by Crippen LogP contribution is -2.39. The van der Waals surface area contributed by atoms with E-state index >= 15 is 0 Å². The molecule has 0 radical (unpaired) electrons. The van der Waals surface area contributed by atoms with Crippen molar-refractivity contribution in [3.8, 4) is 0 Å². The van der Waals surface area contributed by atoms with Gasteiger partial charge in [-0.05, 0) is 34.0 Å². The first-order valence-electron chi connectivity index (χ1n) is 5.19. The first-order chi connectivity index (χ1) is 7.54. The van der Waals surface area contributed by atoms with Crippen molar-refractivity contribution in [1.82, 2.24) is 4.98 Å². The SMILES string of the molecule is CC(C)C(N)C(CO)Sc1ccc(Br)cn1. The number of thioether (sulfide) groups is 1. The van der Waals surface area contributed by atoms with Gasteiger partial charge >= 0.3 is 0 Å². The molecule has 0 aromatic carbocycles. The van der Waals surface area contributed by atoms with Crippen molar-refractivity contribution in [3.05, 3.63) is 22.8 Å². The van der Waals surface area contributed by atoms with Crippen LogP contribution in [0.3, 0.4) is 0 Å². The normalized spacial score (nSPS) is 15.1. The third kappa shape index (κ3) is 4.05. The first kappa shape index (κ1) is 14.0. The molecule has 16 heavy (non-hydrogen) atoms. The minimum Gasteiger partial charge on any atom is -0.395 e. The fourth-order valence-electron chi connectivity index (χ4n) is 1.25. The van der Waals surface area contributed by atoms with E-state index in [9.17, 15) is 5.11 Å². The number of nitrogens with zero attached hydrogens (tertiary/aromatic N) is 1. The van der Waals surface area contributed by atoms with Crippen LogP contribution in [0.4, 0.5) is 0 Å². The summed E-state index contributed by atoms with van der Waals surface area (Å²) in [6, 6.07) is 3.83. The van der Waals surface area contributed by atoms with Gasteiger partial charge in [-0.25, -0.2) is 4.98 Å². The summed E-state index contributed by atoms with van der Waals surface area (Å²) in [6.45, 7) is 4.19. The molecule has 3 nitrogen and oxygen atoms in total. The molecule has 1 rings (SSSR count). The average molecular weight is 305 g/mol. The molecule has 0 aliphatic rings. The molecule has 0 saturated carbocycles. The van der Waals surface area contributed by atoms with Crippen molar-refractivity contribution in [3.63, 3.8) is 0 Å². The van der Waals surface area contributed by atoms with Gasteiger partial charge in [0, 0.05) is 22.0 Å². The van der Waals surface area contributed by atoms with Crippen LogP contribution in [0.15, 0.2) is 27.8 Å². The maximum Gasteiger partial charge on any atom is 0.0964 e. The number of aliphatic hydroxyl groups excluding tert-OH is 1. The Morgan fingerprint density at radius 1 is 1.50 bits per heavy atom. The number of pyridine rings is 1. The quantitative estimate of drug-likeness (QED) is 0.819. The number of aliphatic hydroxyl groups is 1. The van der Waals surface area contributed by atoms with E-state index in [-0.39, 0.29) is 17.9 Å². The maximum absolute atomic E-state index is 9.32. The molecule has 0 amide bonds. The monoisotopic (exact) mass is 304 g/mol. The molecule has 0 saturated heterocycles. The van der Waals surface area contributed by atoms with Crippen LogP contribution in [0.1, 0.15) is 13.8 Å². The summed E-state index contributed by atoms with van der Waals surface area (Å²) in [6.07, 6.45) is 1.75. The number of nitrogens with two attached hydrogens (primary N) is 1. The van der Waals surface area contributed by atoms with Gasteiger partial charge < -0.3 is 10.8 Å². The highest BCUT2D eigenvalue weighted by Gasteiger charge is 2.21. The lowest BCUT2D eigenvalue weighted by Gasteiger charge is -2.24. The number of rotatable bonds is 5. The van der Waals surface area contributed by atoms with E-state index in [1.165, 1.54) is 11.8 Å². The molecule has 2 atom stereocenters. The van der Waals surface area contributed by atoms with E-state index in [4.69, 9.17) is 5.73 Å². The Balaban J connectivity index is 2.66. The highest BCUT2D eigenvalue weighted by molar-refractivity contribution is 9.10. The maximum atomic E-state index is 9.32. The van der Waals surface area contributed by atoms with Gasteiger partial charge in [-0.1, -0.05) is 25.6 Å². The molecular formula is C11H17BrN2OS. The predicted molar refractivity (Wildman–Crippen MR) is 71.5 cm³/mol. The zero-order chi connectivity index (χ0) is 12.1. The molecule has 0 spiro atoms. The van der Waals surface area contributed by atoms with E-state index in [1.54, 1.807) is 6.20 Å². The Kier molecular flexibility index (Phi) is 5.75. The van der Waals surface area contributed by atoms with Crippen LogP contribution in [0.5, 0.6) is 0 Å². The van der Waals surface area contributed by atoms with Crippen LogP contribution >= 0.6 is 27.7 Å². The predicted octanol–water partition coefficient (Wildman–Crippen LogP) is 2.28. The highest BCUT2D eigenvalue weighted by atomic mass is 79.9. The standard InChI is InChI=1S/C11H17BrN2OS/c1-7(2)11(13)9(6-15)16-10-4-3-8(12)5-14-10/h3-5,7,9,11,15H,6,13H2,1-2H3. The number of aromatic nitrogens is 1. The van der Waals surface area contributed by atoms with Gasteiger partial charge in [0.2, 0.25) is 0 Å². The first-order valence-corrected chi connectivity index (χ1v) is 6.86. The van der Waals surface area contributed by atoms with Gasteiger partial charge in [-0.2, -0.15) is 0 Å². The van der Waals surface area contributed by atoms with E-state index in [0.717, 1.165) is 9.50 Å². The number of halogens is 1. The molecule has 1 heterocycles. The summed E-state index contributed by atoms with van der Waals surface area (Å²) >= 11 is 4.86. The van der Waals surface area contributed by atoms with E-state index in [0.29, 0.717) is 5.92 Å². The minimum atomic E-state index is -0.0274. The Hall–Kier alpha value is -0.100. The van der Waals surface area contributed by atoms with Crippen molar-refractivity contribution < 1.29 is 5.11 Å². The molecule has 2 unspecified atom stereocenters. The van der Waals surface area contributed by atoms with Crippen molar-refractivity contribution in [2.24, 2.45) is 11.7 Å². The van der Waals surface area contributed by atoms with Crippen LogP contribution in [-0.2, 0) is 0 Å². The van der Waals surface area contributed by atoms with Gasteiger partial charge in [0.15, 0.2) is 0 Å². The van der Waals surface area contributed by atoms with Gasteiger partial charge in [0.05, 0.1) is 11.6 Å². The van der Waals surface area contributed by atoms with Crippen molar-refractivity contribution in [2.75, 3.05) is 6.61 Å². The lowest BCUT2D eigenvalue weighted by molar-refractivity contribution is 0.269. The van der Waals surface area contributed by atoms with Gasteiger partial charge in [0.25, 0.3) is 0 Å². The summed E-state index contributed by atoms with van der Waals surface area (Å²) in [5, 5.41) is 10.2. The zero-order valence-corrected chi connectivity index (χ0v) is 11.8. The topological polar surface area (TPSA) is 59.1 Å². The van der Waals surface area contributed by atoms with Gasteiger partial charge in [0.1, 0.15) is 0 Å². The molecule has 1 aromatic heterocycles. The molecule has 5 heteroatoms. The second-order valence-corrected chi connectivity index (χ2v) is 6.15. The Bertz CT molecular complexity index is 318. The molecule has 0 aliphatic carbocycles. The van der Waals surface area contributed by atoms with Crippen LogP contribution in [0, 0.1) is 5.92 Å². The smallest absolute Gasteiger partial charge is 0.0964 e. The van der Waals surface area contributed by atoms with E-state index < -0.39 is 0 Å². The third-order valence-electron chi connectivity index (χ3n) is 2.35. The molecule has 90 valence electrons. The lowest BCUT2D eigenvalue weighted by atomic mass is 10.0. The zero-order valence-electron chi connectivity index (χ0n) is 9.43. The van der Waals surface area contributed by atoms with E-state index in [2.05, 4.69) is 34.8 Å². The molecule has 0 bridgehead atoms. The molecule has 0 fully saturated rings. The molecule has 0 aliphatic heterocycles. The van der Waals surface area contributed by atoms with Crippen molar-refractivity contribution >= 4 is 27.7 Å². The Morgan fingerprint density at radius 2 is 2.19 bits per heavy atom. The van der Waals surface area contributed by atoms with E-state index in [1.807, 2.05) is 12.1 Å². The van der Waals surface area contributed by atoms with Crippen LogP contribution in [-0.4, -0.2) is 28.0 Å². The van der Waals surface area contributed by atoms with Crippen LogP contribution in [0.25, 0.3) is 0 Å². The second-order valence-electron chi connectivity index (χ2n) is 3.97. The molecular weight excluding hydrogens is 288 g/mol. The fraction of sp³-hybridized carbons (Fsp3) is 0.545. The molecule has 1 aromatic rings. The summed E-state index contributed by atoms with van der Waals surface area (Å²) in [5.41, 5.74) is 6.03. The summed E-state index contributed by atoms with van der Waals surface area (Å²) in [7, 11) is 0.